The highest BCUT2D eigenvalue weighted by molar-refractivity contribution is 7.11. The predicted octanol–water partition coefficient (Wildman–Crippen LogP) is 1.51. The SMILES string of the molecule is CN(Cc1csc(C(=O)NN)n1)C1CCCCC1. The van der Waals surface area contributed by atoms with Gasteiger partial charge in [-0.15, -0.1) is 11.3 Å². The molecular weight excluding hydrogens is 248 g/mol. The summed E-state index contributed by atoms with van der Waals surface area (Å²) in [6.45, 7) is 0.805. The van der Waals surface area contributed by atoms with Crippen LogP contribution in [0.5, 0.6) is 0 Å². The molecule has 0 atom stereocenters. The highest BCUT2D eigenvalue weighted by Gasteiger charge is 2.19. The summed E-state index contributed by atoms with van der Waals surface area (Å²) in [7, 11) is 2.14. The van der Waals surface area contributed by atoms with Crippen LogP contribution in [0.2, 0.25) is 0 Å². The Balaban J connectivity index is 1.92. The van der Waals surface area contributed by atoms with Gasteiger partial charge in [0.05, 0.1) is 5.69 Å². The van der Waals surface area contributed by atoms with Crippen molar-refractivity contribution in [1.82, 2.24) is 15.3 Å². The van der Waals surface area contributed by atoms with Crippen molar-refractivity contribution in [3.05, 3.63) is 16.1 Å². The number of nitrogens with zero attached hydrogens (tertiary/aromatic N) is 2. The number of aromatic nitrogens is 1. The van der Waals surface area contributed by atoms with Crippen molar-refractivity contribution in [2.45, 2.75) is 44.7 Å². The molecule has 2 rings (SSSR count). The fraction of sp³-hybridized carbons (Fsp3) is 0.667. The fourth-order valence-corrected chi connectivity index (χ4v) is 3.16. The lowest BCUT2D eigenvalue weighted by Gasteiger charge is -2.30. The Morgan fingerprint density at radius 2 is 2.28 bits per heavy atom. The van der Waals surface area contributed by atoms with Gasteiger partial charge in [0.15, 0.2) is 5.01 Å². The van der Waals surface area contributed by atoms with Gasteiger partial charge in [0, 0.05) is 18.0 Å². The zero-order valence-electron chi connectivity index (χ0n) is 10.7. The number of nitrogens with one attached hydrogen (secondary N) is 1. The van der Waals surface area contributed by atoms with Crippen LogP contribution in [0.3, 0.4) is 0 Å². The Bertz CT molecular complexity index is 401. The van der Waals surface area contributed by atoms with Crippen molar-refractivity contribution in [2.75, 3.05) is 7.05 Å². The molecule has 1 fully saturated rings. The second-order valence-corrected chi connectivity index (χ2v) is 5.68. The number of hydrazine groups is 1. The number of hydrogen-bond donors (Lipinski definition) is 2. The number of amides is 1. The first-order valence-corrected chi connectivity index (χ1v) is 7.24. The first kappa shape index (κ1) is 13.5. The third-order valence-electron chi connectivity index (χ3n) is 3.49. The summed E-state index contributed by atoms with van der Waals surface area (Å²) in [6.07, 6.45) is 6.56. The summed E-state index contributed by atoms with van der Waals surface area (Å²) in [5.41, 5.74) is 3.06. The number of hydrogen-bond acceptors (Lipinski definition) is 5. The van der Waals surface area contributed by atoms with Gasteiger partial charge in [-0.25, -0.2) is 10.8 Å². The maximum atomic E-state index is 11.3. The molecule has 6 heteroatoms. The molecular formula is C12H20N4OS. The molecule has 1 saturated carbocycles. The van der Waals surface area contributed by atoms with Gasteiger partial charge in [-0.3, -0.25) is 15.1 Å². The summed E-state index contributed by atoms with van der Waals surface area (Å²) >= 11 is 1.34. The van der Waals surface area contributed by atoms with Gasteiger partial charge in [-0.1, -0.05) is 19.3 Å². The van der Waals surface area contributed by atoms with Gasteiger partial charge in [0.2, 0.25) is 0 Å². The number of nitrogen functional groups attached to an aromatic ring is 1. The molecule has 0 saturated heterocycles. The lowest BCUT2D eigenvalue weighted by atomic mass is 9.94. The predicted molar refractivity (Wildman–Crippen MR) is 72.1 cm³/mol. The summed E-state index contributed by atoms with van der Waals surface area (Å²) in [5.74, 6) is 4.77. The molecule has 1 aromatic heterocycles. The lowest BCUT2D eigenvalue weighted by molar-refractivity contribution is 0.0953. The minimum absolute atomic E-state index is 0.313. The van der Waals surface area contributed by atoms with Gasteiger partial charge in [-0.05, 0) is 19.9 Å². The van der Waals surface area contributed by atoms with Crippen LogP contribution in [0, 0.1) is 0 Å². The van der Waals surface area contributed by atoms with Gasteiger partial charge < -0.3 is 0 Å². The topological polar surface area (TPSA) is 71.2 Å². The lowest BCUT2D eigenvalue weighted by Crippen LogP contribution is -2.33. The maximum Gasteiger partial charge on any atom is 0.294 e. The van der Waals surface area contributed by atoms with Crippen molar-refractivity contribution in [3.63, 3.8) is 0 Å². The molecule has 5 nitrogen and oxygen atoms in total. The van der Waals surface area contributed by atoms with Gasteiger partial charge >= 0.3 is 0 Å². The molecule has 0 bridgehead atoms. The van der Waals surface area contributed by atoms with Crippen molar-refractivity contribution in [3.8, 4) is 0 Å². The Hall–Kier alpha value is -0.980. The van der Waals surface area contributed by atoms with E-state index in [1.807, 2.05) is 5.38 Å². The molecule has 1 amide bonds. The average Bonchev–Trinajstić information content (AvgIpc) is 2.87. The molecule has 0 unspecified atom stereocenters. The van der Waals surface area contributed by atoms with E-state index in [0.717, 1.165) is 12.2 Å². The van der Waals surface area contributed by atoms with E-state index >= 15 is 0 Å². The summed E-state index contributed by atoms with van der Waals surface area (Å²) in [5, 5.41) is 2.37. The molecule has 100 valence electrons. The van der Waals surface area contributed by atoms with Crippen LogP contribution in [0.1, 0.15) is 47.6 Å². The largest absolute Gasteiger partial charge is 0.298 e. The van der Waals surface area contributed by atoms with Crippen molar-refractivity contribution >= 4 is 17.2 Å². The normalized spacial score (nSPS) is 17.1. The van der Waals surface area contributed by atoms with Gasteiger partial charge in [-0.2, -0.15) is 0 Å². The Morgan fingerprint density at radius 1 is 1.56 bits per heavy atom. The molecule has 18 heavy (non-hydrogen) atoms. The Kier molecular flexibility index (Phi) is 4.68. The van der Waals surface area contributed by atoms with Crippen LogP contribution in [0.15, 0.2) is 5.38 Å². The molecule has 0 radical (unpaired) electrons. The smallest absolute Gasteiger partial charge is 0.294 e. The standard InChI is InChI=1S/C12H20N4OS/c1-16(10-5-3-2-4-6-10)7-9-8-18-12(14-9)11(17)15-13/h8,10H,2-7,13H2,1H3,(H,15,17). The molecule has 0 aromatic carbocycles. The van der Waals surface area contributed by atoms with Crippen molar-refractivity contribution in [2.24, 2.45) is 5.84 Å². The van der Waals surface area contributed by atoms with E-state index in [-0.39, 0.29) is 5.91 Å². The third-order valence-corrected chi connectivity index (χ3v) is 4.38. The van der Waals surface area contributed by atoms with Crippen molar-refractivity contribution < 1.29 is 4.79 Å². The molecule has 1 aliphatic rings. The first-order chi connectivity index (χ1) is 8.70. The molecule has 0 aliphatic heterocycles. The van der Waals surface area contributed by atoms with Crippen LogP contribution < -0.4 is 11.3 Å². The number of thiazole rings is 1. The van der Waals surface area contributed by atoms with E-state index in [0.29, 0.717) is 11.0 Å². The average molecular weight is 268 g/mol. The minimum atomic E-state index is -0.313. The van der Waals surface area contributed by atoms with Gasteiger partial charge in [0.25, 0.3) is 5.91 Å². The fourth-order valence-electron chi connectivity index (χ4n) is 2.45. The van der Waals surface area contributed by atoms with Crippen LogP contribution >= 0.6 is 11.3 Å². The van der Waals surface area contributed by atoms with Crippen LogP contribution in [-0.4, -0.2) is 28.9 Å². The highest BCUT2D eigenvalue weighted by Crippen LogP contribution is 2.23. The zero-order chi connectivity index (χ0) is 13.0. The summed E-state index contributed by atoms with van der Waals surface area (Å²) < 4.78 is 0. The molecule has 1 heterocycles. The third kappa shape index (κ3) is 3.28. The Morgan fingerprint density at radius 3 is 2.94 bits per heavy atom. The quantitative estimate of drug-likeness (QED) is 0.493. The van der Waals surface area contributed by atoms with Crippen LogP contribution in [0.4, 0.5) is 0 Å². The van der Waals surface area contributed by atoms with E-state index in [4.69, 9.17) is 5.84 Å². The number of carbonyl (C=O) groups excluding carboxylic acids is 1. The first-order valence-electron chi connectivity index (χ1n) is 6.36. The van der Waals surface area contributed by atoms with E-state index in [1.165, 1.54) is 43.4 Å². The molecule has 0 spiro atoms. The van der Waals surface area contributed by atoms with E-state index in [2.05, 4.69) is 22.4 Å². The Labute approximate surface area is 111 Å². The molecule has 1 aliphatic carbocycles. The highest BCUT2D eigenvalue weighted by atomic mass is 32.1. The van der Waals surface area contributed by atoms with Crippen LogP contribution in [-0.2, 0) is 6.54 Å². The monoisotopic (exact) mass is 268 g/mol. The van der Waals surface area contributed by atoms with E-state index in [9.17, 15) is 4.79 Å². The summed E-state index contributed by atoms with van der Waals surface area (Å²) in [6, 6.07) is 0.659. The van der Waals surface area contributed by atoms with E-state index in [1.54, 1.807) is 0 Å². The number of rotatable bonds is 4. The zero-order valence-corrected chi connectivity index (χ0v) is 11.5. The number of carbonyl (C=O) groups is 1. The second kappa shape index (κ2) is 6.26. The maximum absolute atomic E-state index is 11.3. The second-order valence-electron chi connectivity index (χ2n) is 4.82. The molecule has 1 aromatic rings. The van der Waals surface area contributed by atoms with Crippen LogP contribution in [0.25, 0.3) is 0 Å². The summed E-state index contributed by atoms with van der Waals surface area (Å²) in [4.78, 5) is 18.0. The van der Waals surface area contributed by atoms with E-state index < -0.39 is 0 Å². The van der Waals surface area contributed by atoms with Crippen molar-refractivity contribution in [1.29, 1.82) is 0 Å². The molecule has 3 N–H and O–H groups in total. The van der Waals surface area contributed by atoms with Gasteiger partial charge in [0.1, 0.15) is 0 Å². The number of nitrogens with two attached hydrogens (primary N) is 1. The minimum Gasteiger partial charge on any atom is -0.298 e.